The molecule has 0 aliphatic rings. The van der Waals surface area contributed by atoms with Crippen LogP contribution in [0.5, 0.6) is 5.75 Å². The molecule has 0 aromatic heterocycles. The first-order valence-electron chi connectivity index (χ1n) is 5.89. The normalized spacial score (nSPS) is 9.37. The summed E-state index contributed by atoms with van der Waals surface area (Å²) < 4.78 is 6.41. The van der Waals surface area contributed by atoms with Gasteiger partial charge in [0.05, 0.1) is 6.54 Å². The molecule has 19 heavy (non-hydrogen) atoms. The molecule has 102 valence electrons. The molecule has 0 saturated carbocycles. The van der Waals surface area contributed by atoms with Crippen LogP contribution in [-0.2, 0) is 4.79 Å². The van der Waals surface area contributed by atoms with Crippen LogP contribution >= 0.6 is 31.9 Å². The number of carbonyl (C=O) groups excluding carboxylic acids is 1. The Balaban J connectivity index is 2.16. The largest absolute Gasteiger partial charge is 0.481 e. The minimum absolute atomic E-state index is 0.0293. The van der Waals surface area contributed by atoms with E-state index in [1.807, 2.05) is 24.3 Å². The van der Waals surface area contributed by atoms with Crippen molar-refractivity contribution in [1.29, 1.82) is 0 Å². The van der Waals surface area contributed by atoms with E-state index >= 15 is 0 Å². The van der Waals surface area contributed by atoms with Gasteiger partial charge in [-0.15, -0.1) is 0 Å². The van der Waals surface area contributed by atoms with Gasteiger partial charge in [-0.1, -0.05) is 49.8 Å². The number of alkyl halides is 1. The lowest BCUT2D eigenvalue weighted by Crippen LogP contribution is -2.23. The fourth-order valence-corrected chi connectivity index (χ4v) is 1.91. The first-order chi connectivity index (χ1) is 9.22. The van der Waals surface area contributed by atoms with Crippen molar-refractivity contribution in [3.63, 3.8) is 0 Å². The summed E-state index contributed by atoms with van der Waals surface area (Å²) in [4.78, 5) is 11.3. The van der Waals surface area contributed by atoms with Gasteiger partial charge >= 0.3 is 0 Å². The highest BCUT2D eigenvalue weighted by Crippen LogP contribution is 2.17. The van der Waals surface area contributed by atoms with Gasteiger partial charge in [-0.25, -0.2) is 0 Å². The van der Waals surface area contributed by atoms with Crippen LogP contribution in [0, 0.1) is 11.8 Å². The summed E-state index contributed by atoms with van der Waals surface area (Å²) in [5.41, 5.74) is 0. The van der Waals surface area contributed by atoms with Gasteiger partial charge in [-0.3, -0.25) is 4.79 Å². The molecule has 0 spiro atoms. The van der Waals surface area contributed by atoms with Crippen LogP contribution in [-0.4, -0.2) is 24.4 Å². The fourth-order valence-electron chi connectivity index (χ4n) is 1.25. The smallest absolute Gasteiger partial charge is 0.220 e. The first-order valence-corrected chi connectivity index (χ1v) is 7.80. The summed E-state index contributed by atoms with van der Waals surface area (Å²) in [5.74, 6) is 6.50. The number of halogens is 2. The summed E-state index contributed by atoms with van der Waals surface area (Å²) in [5, 5.41) is 3.57. The molecular formula is C14H15Br2NO2. The molecule has 0 unspecified atom stereocenters. The van der Waals surface area contributed by atoms with Crippen LogP contribution in [0.25, 0.3) is 0 Å². The Kier molecular flexibility index (Phi) is 8.35. The van der Waals surface area contributed by atoms with Crippen LogP contribution in [0.1, 0.15) is 12.8 Å². The maximum atomic E-state index is 11.3. The van der Waals surface area contributed by atoms with E-state index in [0.29, 0.717) is 19.6 Å². The van der Waals surface area contributed by atoms with Crippen molar-refractivity contribution in [2.75, 3.05) is 18.5 Å². The van der Waals surface area contributed by atoms with E-state index in [2.05, 4.69) is 49.0 Å². The Morgan fingerprint density at radius 2 is 2.21 bits per heavy atom. The Hall–Kier alpha value is -0.990. The summed E-state index contributed by atoms with van der Waals surface area (Å²) in [7, 11) is 0. The van der Waals surface area contributed by atoms with E-state index in [9.17, 15) is 4.79 Å². The highest BCUT2D eigenvalue weighted by molar-refractivity contribution is 9.10. The van der Waals surface area contributed by atoms with Crippen molar-refractivity contribution < 1.29 is 9.53 Å². The van der Waals surface area contributed by atoms with Crippen LogP contribution < -0.4 is 10.1 Å². The van der Waals surface area contributed by atoms with E-state index in [-0.39, 0.29) is 5.91 Å². The number of amides is 1. The molecule has 1 rings (SSSR count). The van der Waals surface area contributed by atoms with Crippen LogP contribution in [0.4, 0.5) is 0 Å². The SMILES string of the molecule is O=C(CCCBr)NCC#CCOc1cccc(Br)c1. The lowest BCUT2D eigenvalue weighted by Gasteiger charge is -2.01. The summed E-state index contributed by atoms with van der Waals surface area (Å²) >= 11 is 6.65. The minimum Gasteiger partial charge on any atom is -0.481 e. The topological polar surface area (TPSA) is 38.3 Å². The zero-order valence-electron chi connectivity index (χ0n) is 10.4. The van der Waals surface area contributed by atoms with E-state index in [4.69, 9.17) is 4.74 Å². The highest BCUT2D eigenvalue weighted by Gasteiger charge is 1.97. The van der Waals surface area contributed by atoms with Gasteiger partial charge in [-0.2, -0.15) is 0 Å². The molecule has 5 heteroatoms. The molecular weight excluding hydrogens is 374 g/mol. The number of rotatable bonds is 6. The lowest BCUT2D eigenvalue weighted by molar-refractivity contribution is -0.120. The molecule has 0 saturated heterocycles. The second-order valence-corrected chi connectivity index (χ2v) is 5.38. The Labute approximate surface area is 130 Å². The molecule has 1 N–H and O–H groups in total. The standard InChI is InChI=1S/C14H15Br2NO2/c15-8-4-7-14(18)17-9-1-2-10-19-13-6-3-5-12(16)11-13/h3,5-6,11H,4,7-10H2,(H,17,18). The van der Waals surface area contributed by atoms with Crippen molar-refractivity contribution in [2.45, 2.75) is 12.8 Å². The molecule has 0 radical (unpaired) electrons. The van der Waals surface area contributed by atoms with Gasteiger partial charge in [0.2, 0.25) is 5.91 Å². The zero-order valence-corrected chi connectivity index (χ0v) is 13.6. The summed E-state index contributed by atoms with van der Waals surface area (Å²) in [6.45, 7) is 0.677. The predicted molar refractivity (Wildman–Crippen MR) is 83.5 cm³/mol. The van der Waals surface area contributed by atoms with Gasteiger partial charge in [0.1, 0.15) is 12.4 Å². The monoisotopic (exact) mass is 387 g/mol. The number of benzene rings is 1. The van der Waals surface area contributed by atoms with Gasteiger partial charge in [0.15, 0.2) is 0 Å². The molecule has 1 amide bonds. The van der Waals surface area contributed by atoms with Crippen molar-refractivity contribution in [1.82, 2.24) is 5.32 Å². The first kappa shape index (κ1) is 16.1. The number of nitrogens with one attached hydrogen (secondary N) is 1. The molecule has 1 aromatic rings. The number of carbonyl (C=O) groups is 1. The average molecular weight is 389 g/mol. The predicted octanol–water partition coefficient (Wildman–Crippen LogP) is 3.12. The third-order valence-electron chi connectivity index (χ3n) is 2.14. The molecule has 0 aliphatic carbocycles. The van der Waals surface area contributed by atoms with E-state index < -0.39 is 0 Å². The van der Waals surface area contributed by atoms with E-state index in [1.165, 1.54) is 0 Å². The van der Waals surface area contributed by atoms with E-state index in [1.54, 1.807) is 0 Å². The average Bonchev–Trinajstić information content (AvgIpc) is 2.40. The zero-order chi connectivity index (χ0) is 13.9. The molecule has 0 atom stereocenters. The number of ether oxygens (including phenoxy) is 1. The number of hydrogen-bond donors (Lipinski definition) is 1. The summed E-state index contributed by atoms with van der Waals surface area (Å²) in [6, 6.07) is 7.58. The molecule has 3 nitrogen and oxygen atoms in total. The van der Waals surface area contributed by atoms with Crippen LogP contribution in [0.3, 0.4) is 0 Å². The van der Waals surface area contributed by atoms with Crippen LogP contribution in [0.2, 0.25) is 0 Å². The molecule has 0 heterocycles. The molecule has 0 fully saturated rings. The molecule has 1 aromatic carbocycles. The maximum absolute atomic E-state index is 11.3. The Morgan fingerprint density at radius 3 is 2.95 bits per heavy atom. The van der Waals surface area contributed by atoms with Crippen molar-refractivity contribution in [2.24, 2.45) is 0 Å². The van der Waals surface area contributed by atoms with Gasteiger partial charge < -0.3 is 10.1 Å². The van der Waals surface area contributed by atoms with Crippen molar-refractivity contribution >= 4 is 37.8 Å². The molecule has 0 aliphatic heterocycles. The fraction of sp³-hybridized carbons (Fsp3) is 0.357. The quantitative estimate of drug-likeness (QED) is 0.600. The molecule has 0 bridgehead atoms. The van der Waals surface area contributed by atoms with Gasteiger partial charge in [0.25, 0.3) is 0 Å². The van der Waals surface area contributed by atoms with Crippen LogP contribution in [0.15, 0.2) is 28.7 Å². The lowest BCUT2D eigenvalue weighted by atomic mass is 10.3. The van der Waals surface area contributed by atoms with Crippen molar-refractivity contribution in [3.05, 3.63) is 28.7 Å². The van der Waals surface area contributed by atoms with E-state index in [0.717, 1.165) is 22.0 Å². The Bertz CT molecular complexity index is 466. The second-order valence-electron chi connectivity index (χ2n) is 3.67. The minimum atomic E-state index is 0.0293. The number of hydrogen-bond acceptors (Lipinski definition) is 2. The van der Waals surface area contributed by atoms with Crippen molar-refractivity contribution in [3.8, 4) is 17.6 Å². The maximum Gasteiger partial charge on any atom is 0.220 e. The third-order valence-corrected chi connectivity index (χ3v) is 3.20. The highest BCUT2D eigenvalue weighted by atomic mass is 79.9. The third kappa shape index (κ3) is 7.91. The second kappa shape index (κ2) is 9.88. The summed E-state index contributed by atoms with van der Waals surface area (Å²) in [6.07, 6.45) is 1.37. The van der Waals surface area contributed by atoms with Gasteiger partial charge in [0, 0.05) is 16.2 Å². The van der Waals surface area contributed by atoms with Gasteiger partial charge in [-0.05, 0) is 24.6 Å². The Morgan fingerprint density at radius 1 is 1.37 bits per heavy atom.